The van der Waals surface area contributed by atoms with E-state index in [4.69, 9.17) is 14.7 Å². The van der Waals surface area contributed by atoms with Gasteiger partial charge in [0, 0.05) is 17.7 Å². The van der Waals surface area contributed by atoms with E-state index in [0.29, 0.717) is 43.1 Å². The molecule has 1 saturated heterocycles. The fourth-order valence-electron chi connectivity index (χ4n) is 2.80. The van der Waals surface area contributed by atoms with E-state index in [1.54, 1.807) is 17.6 Å². The summed E-state index contributed by atoms with van der Waals surface area (Å²) in [7, 11) is 1.52. The predicted octanol–water partition coefficient (Wildman–Crippen LogP) is 0.906. The molecule has 0 aromatic heterocycles. The number of fused-ring (bicyclic) bond motifs is 1. The zero-order valence-corrected chi connectivity index (χ0v) is 12.7. The van der Waals surface area contributed by atoms with Gasteiger partial charge in [0.05, 0.1) is 7.11 Å². The third kappa shape index (κ3) is 2.75. The number of rotatable bonds is 3. The SMILES string of the molecule is COc1cc(C(=O)N2CCC2C(=O)NO)cc2c1OCC=CC2. The van der Waals surface area contributed by atoms with Crippen molar-refractivity contribution < 1.29 is 24.3 Å². The monoisotopic (exact) mass is 318 g/mol. The van der Waals surface area contributed by atoms with Crippen molar-refractivity contribution in [2.24, 2.45) is 0 Å². The van der Waals surface area contributed by atoms with Crippen LogP contribution in [0.25, 0.3) is 0 Å². The summed E-state index contributed by atoms with van der Waals surface area (Å²) in [6.07, 6.45) is 5.07. The topological polar surface area (TPSA) is 88.1 Å². The average Bonchev–Trinajstić information content (AvgIpc) is 2.77. The Bertz CT molecular complexity index is 671. The molecule has 7 nitrogen and oxygen atoms in total. The smallest absolute Gasteiger partial charge is 0.266 e. The number of hydroxylamine groups is 1. The molecule has 0 spiro atoms. The number of amides is 2. The third-order valence-electron chi connectivity index (χ3n) is 4.12. The minimum atomic E-state index is -0.631. The molecule has 0 saturated carbocycles. The highest BCUT2D eigenvalue weighted by atomic mass is 16.5. The summed E-state index contributed by atoms with van der Waals surface area (Å²) in [6.45, 7) is 0.939. The lowest BCUT2D eigenvalue weighted by Crippen LogP contribution is -2.57. The summed E-state index contributed by atoms with van der Waals surface area (Å²) >= 11 is 0. The molecule has 122 valence electrons. The van der Waals surface area contributed by atoms with Crippen LogP contribution in [0, 0.1) is 0 Å². The number of nitrogens with one attached hydrogen (secondary N) is 1. The lowest BCUT2D eigenvalue weighted by Gasteiger charge is -2.39. The van der Waals surface area contributed by atoms with Crippen LogP contribution in [0.3, 0.4) is 0 Å². The van der Waals surface area contributed by atoms with Gasteiger partial charge in [0.25, 0.3) is 11.8 Å². The summed E-state index contributed by atoms with van der Waals surface area (Å²) in [5.74, 6) is 0.303. The lowest BCUT2D eigenvalue weighted by molar-refractivity contribution is -0.137. The zero-order valence-electron chi connectivity index (χ0n) is 12.7. The van der Waals surface area contributed by atoms with Crippen LogP contribution in [0.4, 0.5) is 0 Å². The second-order valence-corrected chi connectivity index (χ2v) is 5.43. The fraction of sp³-hybridized carbons (Fsp3) is 0.375. The van der Waals surface area contributed by atoms with Crippen LogP contribution < -0.4 is 15.0 Å². The van der Waals surface area contributed by atoms with Gasteiger partial charge >= 0.3 is 0 Å². The van der Waals surface area contributed by atoms with Crippen molar-refractivity contribution in [3.63, 3.8) is 0 Å². The Morgan fingerprint density at radius 3 is 2.87 bits per heavy atom. The molecule has 2 N–H and O–H groups in total. The molecule has 1 aromatic carbocycles. The molecule has 2 aliphatic rings. The number of likely N-dealkylation sites (tertiary alicyclic amines) is 1. The maximum atomic E-state index is 12.6. The Hall–Kier alpha value is -2.54. The van der Waals surface area contributed by atoms with E-state index < -0.39 is 11.9 Å². The highest BCUT2D eigenvalue weighted by Gasteiger charge is 2.38. The quantitative estimate of drug-likeness (QED) is 0.491. The van der Waals surface area contributed by atoms with E-state index in [0.717, 1.165) is 5.56 Å². The Morgan fingerprint density at radius 2 is 2.22 bits per heavy atom. The molecule has 1 fully saturated rings. The molecular formula is C16H18N2O5. The van der Waals surface area contributed by atoms with Crippen LogP contribution >= 0.6 is 0 Å². The lowest BCUT2D eigenvalue weighted by atomic mass is 9.98. The number of allylic oxidation sites excluding steroid dienone is 1. The molecular weight excluding hydrogens is 300 g/mol. The summed E-state index contributed by atoms with van der Waals surface area (Å²) in [5, 5.41) is 8.73. The average molecular weight is 318 g/mol. The van der Waals surface area contributed by atoms with Gasteiger partial charge in [0.1, 0.15) is 12.6 Å². The molecule has 2 heterocycles. The van der Waals surface area contributed by atoms with E-state index in [1.165, 1.54) is 12.0 Å². The number of hydrogen-bond donors (Lipinski definition) is 2. The van der Waals surface area contributed by atoms with Crippen LogP contribution in [0.5, 0.6) is 11.5 Å². The summed E-state index contributed by atoms with van der Waals surface area (Å²) in [4.78, 5) is 25.6. The first-order valence-corrected chi connectivity index (χ1v) is 7.39. The van der Waals surface area contributed by atoms with E-state index in [9.17, 15) is 9.59 Å². The number of benzene rings is 1. The Kier molecular flexibility index (Phi) is 4.20. The first kappa shape index (κ1) is 15.4. The van der Waals surface area contributed by atoms with Crippen LogP contribution in [-0.2, 0) is 11.2 Å². The van der Waals surface area contributed by atoms with Crippen molar-refractivity contribution in [1.82, 2.24) is 10.4 Å². The van der Waals surface area contributed by atoms with Crippen molar-refractivity contribution in [3.8, 4) is 11.5 Å². The van der Waals surface area contributed by atoms with Crippen LogP contribution in [0.1, 0.15) is 22.3 Å². The van der Waals surface area contributed by atoms with Gasteiger partial charge in [0.15, 0.2) is 11.5 Å². The summed E-state index contributed by atoms with van der Waals surface area (Å²) in [5.41, 5.74) is 2.90. The van der Waals surface area contributed by atoms with Gasteiger partial charge in [-0.2, -0.15) is 0 Å². The normalized spacial score (nSPS) is 19.0. The van der Waals surface area contributed by atoms with Crippen LogP contribution in [0.2, 0.25) is 0 Å². The van der Waals surface area contributed by atoms with Crippen molar-refractivity contribution in [2.75, 3.05) is 20.3 Å². The van der Waals surface area contributed by atoms with Crippen molar-refractivity contribution in [3.05, 3.63) is 35.4 Å². The highest BCUT2D eigenvalue weighted by molar-refractivity contribution is 5.99. The molecule has 2 amide bonds. The highest BCUT2D eigenvalue weighted by Crippen LogP contribution is 2.35. The minimum absolute atomic E-state index is 0.265. The zero-order chi connectivity index (χ0) is 16.4. The van der Waals surface area contributed by atoms with Gasteiger partial charge < -0.3 is 14.4 Å². The van der Waals surface area contributed by atoms with Gasteiger partial charge in [-0.3, -0.25) is 14.8 Å². The van der Waals surface area contributed by atoms with E-state index in [-0.39, 0.29) is 5.91 Å². The first-order valence-electron chi connectivity index (χ1n) is 7.39. The summed E-state index contributed by atoms with van der Waals surface area (Å²) in [6, 6.07) is 2.76. The molecule has 23 heavy (non-hydrogen) atoms. The molecule has 1 atom stereocenters. The number of carbonyl (C=O) groups is 2. The van der Waals surface area contributed by atoms with E-state index >= 15 is 0 Å². The largest absolute Gasteiger partial charge is 0.493 e. The van der Waals surface area contributed by atoms with Gasteiger partial charge in [0.2, 0.25) is 0 Å². The molecule has 3 rings (SSSR count). The molecule has 1 aromatic rings. The van der Waals surface area contributed by atoms with Crippen molar-refractivity contribution in [1.29, 1.82) is 0 Å². The minimum Gasteiger partial charge on any atom is -0.493 e. The number of hydrogen-bond acceptors (Lipinski definition) is 5. The number of ether oxygens (including phenoxy) is 2. The molecule has 0 aliphatic carbocycles. The number of methoxy groups -OCH3 is 1. The van der Waals surface area contributed by atoms with Crippen molar-refractivity contribution >= 4 is 11.8 Å². The second kappa shape index (κ2) is 6.29. The second-order valence-electron chi connectivity index (χ2n) is 5.43. The van der Waals surface area contributed by atoms with Crippen molar-refractivity contribution in [2.45, 2.75) is 18.9 Å². The number of carbonyl (C=O) groups excluding carboxylic acids is 2. The van der Waals surface area contributed by atoms with Gasteiger partial charge in [-0.1, -0.05) is 12.2 Å². The fourth-order valence-corrected chi connectivity index (χ4v) is 2.80. The van der Waals surface area contributed by atoms with E-state index in [2.05, 4.69) is 0 Å². The molecule has 7 heteroatoms. The number of nitrogens with zero attached hydrogens (tertiary/aromatic N) is 1. The predicted molar refractivity (Wildman–Crippen MR) is 80.7 cm³/mol. The molecule has 0 bridgehead atoms. The van der Waals surface area contributed by atoms with Gasteiger partial charge in [-0.05, 0) is 25.0 Å². The summed E-state index contributed by atoms with van der Waals surface area (Å²) < 4.78 is 11.0. The molecule has 0 radical (unpaired) electrons. The standard InChI is InChI=1S/C16H18N2O5/c1-22-13-9-11(8-10-4-2-3-7-23-14(10)13)16(20)18-6-5-12(18)15(19)17-21/h2-3,8-9,12,21H,4-7H2,1H3,(H,17,19). The van der Waals surface area contributed by atoms with Crippen LogP contribution in [0.15, 0.2) is 24.3 Å². The van der Waals surface area contributed by atoms with Gasteiger partial charge in [-0.25, -0.2) is 5.48 Å². The maximum absolute atomic E-state index is 12.6. The van der Waals surface area contributed by atoms with Gasteiger partial charge in [-0.15, -0.1) is 0 Å². The Labute approximate surface area is 133 Å². The first-order chi connectivity index (χ1) is 11.2. The third-order valence-corrected chi connectivity index (χ3v) is 4.12. The maximum Gasteiger partial charge on any atom is 0.266 e. The van der Waals surface area contributed by atoms with Crippen LogP contribution in [-0.4, -0.2) is 48.2 Å². The Morgan fingerprint density at radius 1 is 1.39 bits per heavy atom. The Balaban J connectivity index is 1.91. The molecule has 1 unspecified atom stereocenters. The molecule has 2 aliphatic heterocycles. The van der Waals surface area contributed by atoms with E-state index in [1.807, 2.05) is 12.2 Å².